The largest absolute Gasteiger partial charge is 0.457 e. The molecule has 0 saturated carbocycles. The lowest BCUT2D eigenvalue weighted by Crippen LogP contribution is -2.63. The first-order chi connectivity index (χ1) is 12.0. The summed E-state index contributed by atoms with van der Waals surface area (Å²) in [6, 6.07) is 15.7. The zero-order valence-corrected chi connectivity index (χ0v) is 13.9. The summed E-state index contributed by atoms with van der Waals surface area (Å²) in [5, 5.41) is 21.6. The van der Waals surface area contributed by atoms with Gasteiger partial charge in [-0.2, -0.15) is 5.26 Å². The maximum absolute atomic E-state index is 12.2. The van der Waals surface area contributed by atoms with Gasteiger partial charge in [0.1, 0.15) is 11.5 Å². The number of ether oxygens (including phenoxy) is 1. The molecule has 1 aliphatic rings. The Morgan fingerprint density at radius 3 is 2.64 bits per heavy atom. The molecule has 0 bridgehead atoms. The first-order valence-corrected chi connectivity index (χ1v) is 8.08. The molecule has 2 aromatic carbocycles. The molecular weight excluding hydrogens is 318 g/mol. The summed E-state index contributed by atoms with van der Waals surface area (Å²) in [6.07, 6.45) is 0.630. The van der Waals surface area contributed by atoms with E-state index in [1.165, 1.54) is 0 Å². The second kappa shape index (κ2) is 6.83. The number of benzene rings is 2. The lowest BCUT2D eigenvalue weighted by atomic mass is 9.92. The van der Waals surface area contributed by atoms with Crippen molar-refractivity contribution < 1.29 is 14.6 Å². The van der Waals surface area contributed by atoms with Crippen molar-refractivity contribution in [2.45, 2.75) is 18.9 Å². The number of nitriles is 1. The Labute approximate surface area is 146 Å². The molecule has 2 N–H and O–H groups in total. The highest BCUT2D eigenvalue weighted by Crippen LogP contribution is 2.27. The van der Waals surface area contributed by atoms with Crippen LogP contribution in [-0.4, -0.2) is 34.7 Å². The van der Waals surface area contributed by atoms with E-state index < -0.39 is 5.60 Å². The maximum atomic E-state index is 12.2. The molecule has 128 valence electrons. The number of nitrogens with one attached hydrogen (secondary N) is 1. The summed E-state index contributed by atoms with van der Waals surface area (Å²) in [7, 11) is 0. The zero-order chi connectivity index (χ0) is 17.9. The van der Waals surface area contributed by atoms with Gasteiger partial charge in [0.2, 0.25) is 0 Å². The topological polar surface area (TPSA) is 85.6 Å². The van der Waals surface area contributed by atoms with Crippen molar-refractivity contribution in [3.63, 3.8) is 0 Å². The van der Waals surface area contributed by atoms with E-state index in [1.807, 2.05) is 6.92 Å². The predicted octanol–water partition coefficient (Wildman–Crippen LogP) is 3.34. The molecule has 1 aliphatic heterocycles. The van der Waals surface area contributed by atoms with Gasteiger partial charge in [0, 0.05) is 11.8 Å². The summed E-state index contributed by atoms with van der Waals surface area (Å²) >= 11 is 0. The quantitative estimate of drug-likeness (QED) is 0.896. The minimum Gasteiger partial charge on any atom is -0.457 e. The highest BCUT2D eigenvalue weighted by Gasteiger charge is 2.42. The Morgan fingerprint density at radius 1 is 1.28 bits per heavy atom. The molecule has 2 amide bonds. The SMILES string of the molecule is CCC1(O)CN(C(=O)Nc2cccc(Oc3ccc(C#N)cc3)c2)C1. The number of carbonyl (C=O) groups excluding carboxylic acids is 1. The third kappa shape index (κ3) is 3.90. The third-order valence-electron chi connectivity index (χ3n) is 4.22. The van der Waals surface area contributed by atoms with Gasteiger partial charge in [-0.05, 0) is 42.8 Å². The number of β-amino-alcohol motifs (C(OH)–C–C–N with tert-alkyl or cyclic N) is 1. The van der Waals surface area contributed by atoms with E-state index in [0.717, 1.165) is 0 Å². The van der Waals surface area contributed by atoms with Crippen LogP contribution in [0.3, 0.4) is 0 Å². The van der Waals surface area contributed by atoms with Crippen LogP contribution in [-0.2, 0) is 0 Å². The Morgan fingerprint density at radius 2 is 2.00 bits per heavy atom. The van der Waals surface area contributed by atoms with Crippen molar-refractivity contribution in [3.8, 4) is 17.6 Å². The smallest absolute Gasteiger partial charge is 0.322 e. The fraction of sp³-hybridized carbons (Fsp3) is 0.263. The minimum absolute atomic E-state index is 0.242. The van der Waals surface area contributed by atoms with Gasteiger partial charge < -0.3 is 20.1 Å². The Bertz CT molecular complexity index is 805. The Balaban J connectivity index is 1.61. The fourth-order valence-electron chi connectivity index (χ4n) is 2.60. The lowest BCUT2D eigenvalue weighted by Gasteiger charge is -2.45. The summed E-state index contributed by atoms with van der Waals surface area (Å²) in [4.78, 5) is 13.7. The van der Waals surface area contributed by atoms with E-state index in [4.69, 9.17) is 10.00 Å². The first kappa shape index (κ1) is 16.8. The highest BCUT2D eigenvalue weighted by atomic mass is 16.5. The van der Waals surface area contributed by atoms with Gasteiger partial charge in [0.15, 0.2) is 0 Å². The van der Waals surface area contributed by atoms with Crippen molar-refractivity contribution >= 4 is 11.7 Å². The standard InChI is InChI=1S/C19H19N3O3/c1-2-19(24)12-22(13-19)18(23)21-15-4-3-5-17(10-15)25-16-8-6-14(11-20)7-9-16/h3-10,24H,2,12-13H2,1H3,(H,21,23). The molecule has 0 aromatic heterocycles. The van der Waals surface area contributed by atoms with Crippen molar-refractivity contribution in [3.05, 3.63) is 54.1 Å². The van der Waals surface area contributed by atoms with E-state index in [2.05, 4.69) is 11.4 Å². The number of rotatable bonds is 4. The first-order valence-electron chi connectivity index (χ1n) is 8.08. The van der Waals surface area contributed by atoms with Crippen LogP contribution in [0.15, 0.2) is 48.5 Å². The normalized spacial score (nSPS) is 15.0. The fourth-order valence-corrected chi connectivity index (χ4v) is 2.60. The molecule has 0 atom stereocenters. The van der Waals surface area contributed by atoms with E-state index in [1.54, 1.807) is 53.4 Å². The number of hydrogen-bond donors (Lipinski definition) is 2. The minimum atomic E-state index is -0.752. The van der Waals surface area contributed by atoms with Crippen LogP contribution in [0.1, 0.15) is 18.9 Å². The molecule has 3 rings (SSSR count). The van der Waals surface area contributed by atoms with Crippen LogP contribution in [0.2, 0.25) is 0 Å². The summed E-state index contributed by atoms with van der Waals surface area (Å²) in [5.41, 5.74) is 0.427. The van der Waals surface area contributed by atoms with Gasteiger partial charge in [0.25, 0.3) is 0 Å². The van der Waals surface area contributed by atoms with Crippen LogP contribution >= 0.6 is 0 Å². The molecule has 1 saturated heterocycles. The summed E-state index contributed by atoms with van der Waals surface area (Å²) in [5.74, 6) is 1.19. The van der Waals surface area contributed by atoms with E-state index in [0.29, 0.717) is 42.3 Å². The van der Waals surface area contributed by atoms with Crippen molar-refractivity contribution in [2.75, 3.05) is 18.4 Å². The van der Waals surface area contributed by atoms with Crippen molar-refractivity contribution in [1.29, 1.82) is 5.26 Å². The van der Waals surface area contributed by atoms with Crippen LogP contribution in [0, 0.1) is 11.3 Å². The monoisotopic (exact) mass is 337 g/mol. The van der Waals surface area contributed by atoms with Crippen LogP contribution in [0.5, 0.6) is 11.5 Å². The molecule has 0 spiro atoms. The van der Waals surface area contributed by atoms with Crippen LogP contribution in [0.4, 0.5) is 10.5 Å². The van der Waals surface area contributed by atoms with Gasteiger partial charge in [0.05, 0.1) is 30.3 Å². The van der Waals surface area contributed by atoms with Gasteiger partial charge in [-0.15, -0.1) is 0 Å². The van der Waals surface area contributed by atoms with Gasteiger partial charge in [-0.3, -0.25) is 0 Å². The average Bonchev–Trinajstić information content (AvgIpc) is 2.60. The third-order valence-corrected chi connectivity index (χ3v) is 4.22. The number of hydrogen-bond acceptors (Lipinski definition) is 4. The van der Waals surface area contributed by atoms with Gasteiger partial charge >= 0.3 is 6.03 Å². The lowest BCUT2D eigenvalue weighted by molar-refractivity contribution is -0.0755. The molecule has 2 aromatic rings. The van der Waals surface area contributed by atoms with E-state index in [-0.39, 0.29) is 6.03 Å². The second-order valence-electron chi connectivity index (χ2n) is 6.13. The Kier molecular flexibility index (Phi) is 4.59. The van der Waals surface area contributed by atoms with Crippen molar-refractivity contribution in [2.24, 2.45) is 0 Å². The zero-order valence-electron chi connectivity index (χ0n) is 13.9. The molecule has 0 unspecified atom stereocenters. The summed E-state index contributed by atoms with van der Waals surface area (Å²) < 4.78 is 5.74. The maximum Gasteiger partial charge on any atom is 0.322 e. The molecule has 6 nitrogen and oxygen atoms in total. The number of amides is 2. The van der Waals surface area contributed by atoms with Gasteiger partial charge in [-0.25, -0.2) is 4.79 Å². The molecule has 1 fully saturated rings. The van der Waals surface area contributed by atoms with Gasteiger partial charge in [-0.1, -0.05) is 13.0 Å². The molecular formula is C19H19N3O3. The number of aliphatic hydroxyl groups is 1. The number of carbonyl (C=O) groups is 1. The molecule has 0 radical (unpaired) electrons. The number of likely N-dealkylation sites (tertiary alicyclic amines) is 1. The molecule has 1 heterocycles. The Hall–Kier alpha value is -3.04. The van der Waals surface area contributed by atoms with E-state index >= 15 is 0 Å². The molecule has 6 heteroatoms. The number of nitrogens with zero attached hydrogens (tertiary/aromatic N) is 2. The number of anilines is 1. The molecule has 25 heavy (non-hydrogen) atoms. The number of urea groups is 1. The summed E-state index contributed by atoms with van der Waals surface area (Å²) in [6.45, 7) is 2.59. The second-order valence-corrected chi connectivity index (χ2v) is 6.13. The average molecular weight is 337 g/mol. The predicted molar refractivity (Wildman–Crippen MR) is 93.5 cm³/mol. The molecule has 0 aliphatic carbocycles. The highest BCUT2D eigenvalue weighted by molar-refractivity contribution is 5.90. The van der Waals surface area contributed by atoms with Crippen LogP contribution < -0.4 is 10.1 Å². The van der Waals surface area contributed by atoms with E-state index in [9.17, 15) is 9.90 Å². The van der Waals surface area contributed by atoms with Crippen LogP contribution in [0.25, 0.3) is 0 Å². The van der Waals surface area contributed by atoms with Crippen molar-refractivity contribution in [1.82, 2.24) is 4.90 Å².